The van der Waals surface area contributed by atoms with Crippen LogP contribution in [-0.4, -0.2) is 3.21 Å². The normalized spacial score (nSPS) is 16.6. The van der Waals surface area contributed by atoms with Gasteiger partial charge in [-0.05, 0) is 50.7 Å². The van der Waals surface area contributed by atoms with E-state index in [-0.39, 0.29) is 10.8 Å². The molecule has 3 aliphatic rings. The van der Waals surface area contributed by atoms with Crippen molar-refractivity contribution in [2.24, 2.45) is 5.41 Å². The van der Waals surface area contributed by atoms with Crippen molar-refractivity contribution in [3.8, 4) is 11.1 Å². The zero-order valence-corrected chi connectivity index (χ0v) is 40.4. The molecule has 312 valence electrons. The topological polar surface area (TPSA) is 0 Å². The zero-order valence-electron chi connectivity index (χ0n) is 37.9. The van der Waals surface area contributed by atoms with E-state index in [1.807, 2.05) is 0 Å². The summed E-state index contributed by atoms with van der Waals surface area (Å²) >= 11 is 1.46. The fourth-order valence-corrected chi connectivity index (χ4v) is 10.9. The average molecular weight is 903 g/mol. The van der Waals surface area contributed by atoms with Crippen LogP contribution in [0.4, 0.5) is 0 Å². The second-order valence-electron chi connectivity index (χ2n) is 19.1. The van der Waals surface area contributed by atoms with Crippen molar-refractivity contribution >= 4 is 26.0 Å². The predicted octanol–water partition coefficient (Wildman–Crippen LogP) is 14.1. The Labute approximate surface area is 395 Å². The van der Waals surface area contributed by atoms with Crippen LogP contribution in [-0.2, 0) is 35.1 Å². The van der Waals surface area contributed by atoms with Crippen LogP contribution in [0.5, 0.6) is 0 Å². The molecule has 0 bridgehead atoms. The van der Waals surface area contributed by atoms with E-state index in [2.05, 4.69) is 260 Å². The number of benzene rings is 7. The minimum atomic E-state index is -0.508. The van der Waals surface area contributed by atoms with Crippen molar-refractivity contribution in [3.05, 3.63) is 273 Å². The van der Waals surface area contributed by atoms with Gasteiger partial charge in [0.15, 0.2) is 0 Å². The summed E-state index contributed by atoms with van der Waals surface area (Å²) in [6.07, 6.45) is 12.0. The fraction of sp³-hybridized carbons (Fsp3) is 0.159. The fourth-order valence-electron chi connectivity index (χ4n) is 10.1. The molecular formula is C63H55Zr-. The van der Waals surface area contributed by atoms with E-state index in [0.717, 1.165) is 6.42 Å². The standard InChI is InChI=1S/C50H45.C13H10.Zr/c1-48(2,3)40-31-38-32-42-45(43(38)41(33-40)34-21-11-7-12-22-34)44(35-23-13-8-14-24-35)47(37-25-15-9-16-26-37)50(49(4,5)6,39-29-17-10-18-30-39)46(42)36-27-19-20-28-36;1-3-7-12(8-4-1)11-13-9-5-2-6-10-13;/h7-27,29-31,33H,28H2,1-6H3;1-10H;/q-1;;. The number of allylic oxidation sites excluding steroid dienone is 8. The van der Waals surface area contributed by atoms with Gasteiger partial charge < -0.3 is 0 Å². The van der Waals surface area contributed by atoms with Crippen LogP contribution >= 0.6 is 0 Å². The van der Waals surface area contributed by atoms with Gasteiger partial charge in [0.2, 0.25) is 0 Å². The Kier molecular flexibility index (Phi) is 12.1. The van der Waals surface area contributed by atoms with Crippen molar-refractivity contribution < 1.29 is 24.2 Å². The van der Waals surface area contributed by atoms with E-state index in [9.17, 15) is 0 Å². The molecule has 0 aliphatic heterocycles. The molecule has 0 fully saturated rings. The molecule has 0 saturated carbocycles. The molecule has 1 heteroatoms. The third-order valence-corrected chi connectivity index (χ3v) is 14.4. The van der Waals surface area contributed by atoms with Gasteiger partial charge in [-0.25, -0.2) is 0 Å². The molecule has 7 aromatic rings. The molecule has 0 nitrogen and oxygen atoms in total. The molecule has 7 aromatic carbocycles. The van der Waals surface area contributed by atoms with E-state index < -0.39 is 5.41 Å². The molecule has 0 N–H and O–H groups in total. The van der Waals surface area contributed by atoms with Gasteiger partial charge in [0.25, 0.3) is 0 Å². The summed E-state index contributed by atoms with van der Waals surface area (Å²) in [5, 5.41) is 2.47. The second-order valence-corrected chi connectivity index (χ2v) is 20.3. The van der Waals surface area contributed by atoms with Gasteiger partial charge in [-0.3, -0.25) is 0 Å². The molecule has 64 heavy (non-hydrogen) atoms. The molecule has 3 aliphatic carbocycles. The first-order valence-electron chi connectivity index (χ1n) is 22.6. The van der Waals surface area contributed by atoms with Gasteiger partial charge in [0.1, 0.15) is 0 Å². The van der Waals surface area contributed by atoms with Gasteiger partial charge in [0, 0.05) is 5.41 Å². The van der Waals surface area contributed by atoms with Crippen LogP contribution in [0.25, 0.3) is 33.9 Å². The molecule has 1 atom stereocenters. The van der Waals surface area contributed by atoms with Gasteiger partial charge in [-0.2, -0.15) is 0 Å². The van der Waals surface area contributed by atoms with E-state index >= 15 is 0 Å². The van der Waals surface area contributed by atoms with Gasteiger partial charge in [-0.1, -0.05) is 215 Å². The van der Waals surface area contributed by atoms with E-state index in [0.29, 0.717) is 0 Å². The summed E-state index contributed by atoms with van der Waals surface area (Å²) in [5.74, 6) is 0. The first-order chi connectivity index (χ1) is 31.0. The Balaban J connectivity index is 0.000000315. The summed E-state index contributed by atoms with van der Waals surface area (Å²) in [7, 11) is 0. The summed E-state index contributed by atoms with van der Waals surface area (Å²) in [6, 6.07) is 70.6. The quantitative estimate of drug-likeness (QED) is 0.140. The van der Waals surface area contributed by atoms with Crippen LogP contribution in [0.2, 0.25) is 0 Å². The van der Waals surface area contributed by atoms with Crippen molar-refractivity contribution in [1.82, 2.24) is 0 Å². The van der Waals surface area contributed by atoms with Crippen LogP contribution in [0.15, 0.2) is 229 Å². The first-order valence-corrected chi connectivity index (χ1v) is 23.8. The number of hydrogen-bond acceptors (Lipinski definition) is 0. The van der Waals surface area contributed by atoms with Gasteiger partial charge >= 0.3 is 99.2 Å². The zero-order chi connectivity index (χ0) is 44.5. The molecule has 0 amide bonds. The van der Waals surface area contributed by atoms with Crippen LogP contribution in [0, 0.1) is 5.41 Å². The SMILES string of the molecule is CC(C)(C)c1cc(-c2ccccc2)c2c(c1)=[C-]C1=C(C3=CC=CC3)C(c3ccccc3)(C(C)(C)C)C(c3ccccc3)=C(c3ccccc3)C=21.[Zr]=[C](c1ccccc1)c1ccccc1. The van der Waals surface area contributed by atoms with Crippen molar-refractivity contribution in [2.75, 3.05) is 0 Å². The van der Waals surface area contributed by atoms with Crippen LogP contribution in [0.3, 0.4) is 0 Å². The Morgan fingerprint density at radius 3 is 1.50 bits per heavy atom. The van der Waals surface area contributed by atoms with Crippen molar-refractivity contribution in [2.45, 2.75) is 58.8 Å². The van der Waals surface area contributed by atoms with E-state index in [4.69, 9.17) is 0 Å². The molecule has 10 rings (SSSR count). The third-order valence-electron chi connectivity index (χ3n) is 13.0. The third kappa shape index (κ3) is 7.94. The average Bonchev–Trinajstić information content (AvgIpc) is 4.00. The summed E-state index contributed by atoms with van der Waals surface area (Å²) in [6.45, 7) is 14.3. The van der Waals surface area contributed by atoms with Gasteiger partial charge in [0.05, 0.1) is 0 Å². The number of hydrogen-bond donors (Lipinski definition) is 0. The molecular weight excluding hydrogens is 848 g/mol. The van der Waals surface area contributed by atoms with E-state index in [1.165, 1.54) is 116 Å². The molecule has 1 unspecified atom stereocenters. The van der Waals surface area contributed by atoms with Crippen molar-refractivity contribution in [3.63, 3.8) is 0 Å². The van der Waals surface area contributed by atoms with E-state index in [1.54, 1.807) is 0 Å². The number of fused-ring (bicyclic) bond motifs is 2. The Morgan fingerprint density at radius 2 is 1.02 bits per heavy atom. The predicted molar refractivity (Wildman–Crippen MR) is 269 cm³/mol. The van der Waals surface area contributed by atoms with Crippen LogP contribution in [0.1, 0.15) is 81.3 Å². The second kappa shape index (κ2) is 17.9. The Hall–Kier alpha value is -6.01. The monoisotopic (exact) mass is 901 g/mol. The minimum absolute atomic E-state index is 0.0275. The van der Waals surface area contributed by atoms with Crippen molar-refractivity contribution in [1.29, 1.82) is 0 Å². The van der Waals surface area contributed by atoms with Crippen LogP contribution < -0.4 is 10.4 Å². The maximum absolute atomic E-state index is 4.19. The molecule has 0 radical (unpaired) electrons. The molecule has 0 spiro atoms. The summed E-state index contributed by atoms with van der Waals surface area (Å²) < 4.78 is 1.42. The summed E-state index contributed by atoms with van der Waals surface area (Å²) in [5.41, 5.74) is 17.4. The summed E-state index contributed by atoms with van der Waals surface area (Å²) in [4.78, 5) is 0. The Morgan fingerprint density at radius 1 is 0.531 bits per heavy atom. The Bertz CT molecular complexity index is 3040. The first kappa shape index (κ1) is 43.3. The molecule has 0 saturated heterocycles. The molecule has 0 heterocycles. The number of rotatable bonds is 7. The maximum atomic E-state index is 4.19. The van der Waals surface area contributed by atoms with Gasteiger partial charge in [-0.15, -0.1) is 28.2 Å². The molecule has 0 aromatic heterocycles.